The zero-order valence-electron chi connectivity index (χ0n) is 15.0. The zero-order valence-corrected chi connectivity index (χ0v) is 18.2. The SMILES string of the molecule is O=C1N/C(=N\N=Cc2ccc(-c3ccc(Cl)cc3)o2)SC1Cc1ccc(Br)cc1. The zero-order chi connectivity index (χ0) is 20.2. The normalized spacial score (nSPS) is 17.9. The Morgan fingerprint density at radius 2 is 1.86 bits per heavy atom. The van der Waals surface area contributed by atoms with Gasteiger partial charge in [0.2, 0.25) is 5.91 Å². The second-order valence-electron chi connectivity index (χ2n) is 6.28. The lowest BCUT2D eigenvalue weighted by Gasteiger charge is -2.05. The van der Waals surface area contributed by atoms with Gasteiger partial charge in [0.1, 0.15) is 11.5 Å². The first-order chi connectivity index (χ1) is 14.1. The number of amides is 1. The summed E-state index contributed by atoms with van der Waals surface area (Å²) in [6.45, 7) is 0. The number of rotatable bonds is 5. The molecule has 1 atom stereocenters. The van der Waals surface area contributed by atoms with Gasteiger partial charge in [0, 0.05) is 15.1 Å². The number of halogens is 2. The minimum Gasteiger partial charge on any atom is -0.455 e. The van der Waals surface area contributed by atoms with Crippen LogP contribution in [0.4, 0.5) is 0 Å². The summed E-state index contributed by atoms with van der Waals surface area (Å²) in [6.07, 6.45) is 2.15. The minimum atomic E-state index is -0.217. The first kappa shape index (κ1) is 19.9. The first-order valence-corrected chi connectivity index (χ1v) is 10.8. The molecule has 3 aromatic rings. The fourth-order valence-electron chi connectivity index (χ4n) is 2.75. The maximum Gasteiger partial charge on any atom is 0.239 e. The standard InChI is InChI=1S/C21H15BrClN3O2S/c22-15-5-1-13(2-6-15)11-19-20(27)25-21(29-19)26-24-12-17-9-10-18(28-17)14-3-7-16(23)8-4-14/h1-10,12,19H,11H2,(H,25,26,27). The number of benzene rings is 2. The molecular weight excluding hydrogens is 474 g/mol. The highest BCUT2D eigenvalue weighted by atomic mass is 79.9. The molecule has 1 amide bonds. The maximum atomic E-state index is 12.2. The van der Waals surface area contributed by atoms with Crippen molar-refractivity contribution < 1.29 is 9.21 Å². The highest BCUT2D eigenvalue weighted by Gasteiger charge is 2.30. The van der Waals surface area contributed by atoms with Gasteiger partial charge in [0.25, 0.3) is 0 Å². The van der Waals surface area contributed by atoms with E-state index in [4.69, 9.17) is 16.0 Å². The molecule has 0 radical (unpaired) electrons. The Bertz CT molecular complexity index is 1080. The molecule has 1 aromatic heterocycles. The van der Waals surface area contributed by atoms with E-state index < -0.39 is 0 Å². The lowest BCUT2D eigenvalue weighted by Crippen LogP contribution is -2.25. The molecule has 146 valence electrons. The van der Waals surface area contributed by atoms with Crippen molar-refractivity contribution in [2.75, 3.05) is 0 Å². The van der Waals surface area contributed by atoms with E-state index >= 15 is 0 Å². The highest BCUT2D eigenvalue weighted by Crippen LogP contribution is 2.25. The molecule has 8 heteroatoms. The molecule has 1 aliphatic heterocycles. The fraction of sp³-hybridized carbons (Fsp3) is 0.0952. The van der Waals surface area contributed by atoms with E-state index in [1.54, 1.807) is 0 Å². The smallest absolute Gasteiger partial charge is 0.239 e. The van der Waals surface area contributed by atoms with Crippen LogP contribution >= 0.6 is 39.3 Å². The molecule has 1 fully saturated rings. The number of nitrogens with one attached hydrogen (secondary N) is 1. The number of nitrogens with zero attached hydrogens (tertiary/aromatic N) is 2. The summed E-state index contributed by atoms with van der Waals surface area (Å²) in [5.41, 5.74) is 2.02. The van der Waals surface area contributed by atoms with Crippen molar-refractivity contribution in [2.45, 2.75) is 11.7 Å². The molecular formula is C21H15BrClN3O2S. The van der Waals surface area contributed by atoms with Gasteiger partial charge < -0.3 is 9.73 Å². The summed E-state index contributed by atoms with van der Waals surface area (Å²) < 4.78 is 6.76. The van der Waals surface area contributed by atoms with Gasteiger partial charge in [0.05, 0.1) is 11.5 Å². The summed E-state index contributed by atoms with van der Waals surface area (Å²) in [7, 11) is 0. The summed E-state index contributed by atoms with van der Waals surface area (Å²) in [5.74, 6) is 1.23. The van der Waals surface area contributed by atoms with Gasteiger partial charge in [-0.2, -0.15) is 5.10 Å². The highest BCUT2D eigenvalue weighted by molar-refractivity contribution is 9.10. The van der Waals surface area contributed by atoms with E-state index in [1.807, 2.05) is 60.7 Å². The Morgan fingerprint density at radius 3 is 2.62 bits per heavy atom. The van der Waals surface area contributed by atoms with Crippen molar-refractivity contribution >= 4 is 56.6 Å². The van der Waals surface area contributed by atoms with Gasteiger partial charge in [-0.1, -0.05) is 51.4 Å². The van der Waals surface area contributed by atoms with Gasteiger partial charge in [-0.3, -0.25) is 4.79 Å². The van der Waals surface area contributed by atoms with Crippen LogP contribution in [0, 0.1) is 0 Å². The topological polar surface area (TPSA) is 67.0 Å². The number of carbonyl (C=O) groups excluding carboxylic acids is 1. The Hall–Kier alpha value is -2.35. The van der Waals surface area contributed by atoms with Crippen LogP contribution in [0.3, 0.4) is 0 Å². The summed E-state index contributed by atoms with van der Waals surface area (Å²) in [5, 5.41) is 11.8. The molecule has 1 saturated heterocycles. The van der Waals surface area contributed by atoms with Crippen molar-refractivity contribution in [3.05, 3.63) is 81.5 Å². The van der Waals surface area contributed by atoms with E-state index in [1.165, 1.54) is 18.0 Å². The number of carbonyl (C=O) groups is 1. The molecule has 5 nitrogen and oxygen atoms in total. The van der Waals surface area contributed by atoms with Crippen LogP contribution in [-0.4, -0.2) is 22.5 Å². The van der Waals surface area contributed by atoms with Crippen molar-refractivity contribution in [2.24, 2.45) is 10.2 Å². The third-order valence-corrected chi connectivity index (χ3v) is 6.05. The number of hydrogen-bond acceptors (Lipinski definition) is 5. The Kier molecular flexibility index (Phi) is 6.18. The number of furan rings is 1. The monoisotopic (exact) mass is 487 g/mol. The average Bonchev–Trinajstić information content (AvgIpc) is 3.31. The second kappa shape index (κ2) is 8.98. The van der Waals surface area contributed by atoms with Gasteiger partial charge >= 0.3 is 0 Å². The molecule has 0 spiro atoms. The molecule has 1 aliphatic rings. The Labute approximate surface area is 185 Å². The minimum absolute atomic E-state index is 0.0603. The molecule has 4 rings (SSSR count). The van der Waals surface area contributed by atoms with Gasteiger partial charge in [-0.25, -0.2) is 0 Å². The van der Waals surface area contributed by atoms with Crippen molar-refractivity contribution in [3.8, 4) is 11.3 Å². The van der Waals surface area contributed by atoms with E-state index in [2.05, 4.69) is 31.4 Å². The quantitative estimate of drug-likeness (QED) is 0.379. The Balaban J connectivity index is 1.38. The van der Waals surface area contributed by atoms with E-state index in [-0.39, 0.29) is 11.2 Å². The maximum absolute atomic E-state index is 12.2. The van der Waals surface area contributed by atoms with E-state index in [0.717, 1.165) is 15.6 Å². The van der Waals surface area contributed by atoms with Crippen LogP contribution in [0.2, 0.25) is 5.02 Å². The predicted octanol–water partition coefficient (Wildman–Crippen LogP) is 5.53. The second-order valence-corrected chi connectivity index (χ2v) is 8.83. The molecule has 0 aliphatic carbocycles. The van der Waals surface area contributed by atoms with Crippen LogP contribution in [0.1, 0.15) is 11.3 Å². The number of thioether (sulfide) groups is 1. The van der Waals surface area contributed by atoms with Crippen molar-refractivity contribution in [1.29, 1.82) is 0 Å². The largest absolute Gasteiger partial charge is 0.455 e. The van der Waals surface area contributed by atoms with Crippen LogP contribution in [-0.2, 0) is 11.2 Å². The molecule has 1 N–H and O–H groups in total. The molecule has 29 heavy (non-hydrogen) atoms. The van der Waals surface area contributed by atoms with Crippen LogP contribution < -0.4 is 5.32 Å². The summed E-state index contributed by atoms with van der Waals surface area (Å²) in [4.78, 5) is 12.2. The van der Waals surface area contributed by atoms with Gasteiger partial charge in [-0.05, 0) is 60.5 Å². The van der Waals surface area contributed by atoms with Crippen LogP contribution in [0.25, 0.3) is 11.3 Å². The van der Waals surface area contributed by atoms with Gasteiger partial charge in [0.15, 0.2) is 5.17 Å². The van der Waals surface area contributed by atoms with Crippen molar-refractivity contribution in [1.82, 2.24) is 5.32 Å². The van der Waals surface area contributed by atoms with E-state index in [0.29, 0.717) is 28.1 Å². The lowest BCUT2D eigenvalue weighted by atomic mass is 10.1. The molecule has 2 aromatic carbocycles. The van der Waals surface area contributed by atoms with E-state index in [9.17, 15) is 4.79 Å². The average molecular weight is 489 g/mol. The first-order valence-electron chi connectivity index (χ1n) is 8.75. The molecule has 1 unspecified atom stereocenters. The van der Waals surface area contributed by atoms with Crippen molar-refractivity contribution in [3.63, 3.8) is 0 Å². The summed E-state index contributed by atoms with van der Waals surface area (Å²) >= 11 is 10.7. The Morgan fingerprint density at radius 1 is 1.10 bits per heavy atom. The molecule has 2 heterocycles. The molecule has 0 saturated carbocycles. The lowest BCUT2D eigenvalue weighted by molar-refractivity contribution is -0.118. The number of hydrogen-bond donors (Lipinski definition) is 1. The number of amidine groups is 1. The van der Waals surface area contributed by atoms with Crippen LogP contribution in [0.15, 0.2) is 79.8 Å². The fourth-order valence-corrected chi connectivity index (χ4v) is 4.11. The molecule has 0 bridgehead atoms. The summed E-state index contributed by atoms with van der Waals surface area (Å²) in [6, 6.07) is 19.0. The third kappa shape index (κ3) is 5.18. The van der Waals surface area contributed by atoms with Crippen LogP contribution in [0.5, 0.6) is 0 Å². The van der Waals surface area contributed by atoms with Gasteiger partial charge in [-0.15, -0.1) is 5.10 Å². The third-order valence-electron chi connectivity index (χ3n) is 4.20. The predicted molar refractivity (Wildman–Crippen MR) is 122 cm³/mol.